The Labute approximate surface area is 99.6 Å². The minimum absolute atomic E-state index is 0.324. The molecule has 0 fully saturated rings. The molecular formula is C13H14N2O2. The second-order valence-electron chi connectivity index (χ2n) is 3.97. The molecule has 4 heteroatoms. The molecule has 1 aliphatic rings. The van der Waals surface area contributed by atoms with Crippen LogP contribution in [0.1, 0.15) is 11.1 Å². The van der Waals surface area contributed by atoms with Crippen molar-refractivity contribution >= 4 is 0 Å². The van der Waals surface area contributed by atoms with Crippen LogP contribution in [0, 0.1) is 0 Å². The van der Waals surface area contributed by atoms with Gasteiger partial charge in [0.1, 0.15) is 0 Å². The Kier molecular flexibility index (Phi) is 2.71. The lowest BCUT2D eigenvalue weighted by Crippen LogP contribution is -2.12. The lowest BCUT2D eigenvalue weighted by atomic mass is 10.2. The van der Waals surface area contributed by atoms with Crippen LogP contribution in [0.15, 0.2) is 36.7 Å². The van der Waals surface area contributed by atoms with Gasteiger partial charge in [0.05, 0.1) is 0 Å². The molecule has 4 nitrogen and oxygen atoms in total. The van der Waals surface area contributed by atoms with E-state index in [9.17, 15) is 0 Å². The number of nitrogens with one attached hydrogen (secondary N) is 2. The molecule has 2 N–H and O–H groups in total. The third-order valence-corrected chi connectivity index (χ3v) is 2.79. The van der Waals surface area contributed by atoms with Crippen molar-refractivity contribution in [3.05, 3.63) is 47.8 Å². The Hall–Kier alpha value is -1.94. The molecule has 88 valence electrons. The first kappa shape index (κ1) is 10.2. The van der Waals surface area contributed by atoms with Gasteiger partial charge in [0.15, 0.2) is 11.5 Å². The first-order valence-electron chi connectivity index (χ1n) is 5.63. The minimum Gasteiger partial charge on any atom is -0.454 e. The number of aromatic nitrogens is 1. The van der Waals surface area contributed by atoms with E-state index in [4.69, 9.17) is 9.47 Å². The van der Waals surface area contributed by atoms with Crippen LogP contribution >= 0.6 is 0 Å². The fourth-order valence-electron chi connectivity index (χ4n) is 1.94. The number of hydrogen-bond acceptors (Lipinski definition) is 3. The molecule has 2 aromatic rings. The monoisotopic (exact) mass is 230 g/mol. The average molecular weight is 230 g/mol. The Morgan fingerprint density at radius 2 is 2.18 bits per heavy atom. The maximum absolute atomic E-state index is 5.45. The number of H-pyrrole nitrogens is 1. The number of rotatable bonds is 4. The van der Waals surface area contributed by atoms with Gasteiger partial charge in [-0.05, 0) is 17.7 Å². The normalized spacial score (nSPS) is 12.9. The van der Waals surface area contributed by atoms with Gasteiger partial charge < -0.3 is 19.8 Å². The number of benzene rings is 1. The zero-order chi connectivity index (χ0) is 11.5. The maximum Gasteiger partial charge on any atom is 0.231 e. The Bertz CT molecular complexity index is 494. The van der Waals surface area contributed by atoms with E-state index in [1.165, 1.54) is 5.56 Å². The predicted molar refractivity (Wildman–Crippen MR) is 63.9 cm³/mol. The summed E-state index contributed by atoms with van der Waals surface area (Å²) in [5.41, 5.74) is 2.38. The zero-order valence-corrected chi connectivity index (χ0v) is 9.40. The summed E-state index contributed by atoms with van der Waals surface area (Å²) in [6.45, 7) is 1.94. The van der Waals surface area contributed by atoms with Crippen molar-refractivity contribution in [2.45, 2.75) is 13.1 Å². The third-order valence-electron chi connectivity index (χ3n) is 2.79. The van der Waals surface area contributed by atoms with E-state index in [0.717, 1.165) is 30.2 Å². The van der Waals surface area contributed by atoms with E-state index < -0.39 is 0 Å². The molecule has 0 radical (unpaired) electrons. The van der Waals surface area contributed by atoms with E-state index in [1.807, 2.05) is 24.5 Å². The quantitative estimate of drug-likeness (QED) is 0.844. The van der Waals surface area contributed by atoms with E-state index in [1.54, 1.807) is 0 Å². The molecule has 1 aromatic heterocycles. The second-order valence-corrected chi connectivity index (χ2v) is 3.97. The van der Waals surface area contributed by atoms with Gasteiger partial charge in [-0.2, -0.15) is 0 Å². The molecular weight excluding hydrogens is 216 g/mol. The first-order chi connectivity index (χ1) is 8.43. The van der Waals surface area contributed by atoms with Crippen LogP contribution in [0.25, 0.3) is 0 Å². The van der Waals surface area contributed by atoms with E-state index >= 15 is 0 Å². The van der Waals surface area contributed by atoms with Crippen LogP contribution in [0.2, 0.25) is 0 Å². The molecule has 17 heavy (non-hydrogen) atoms. The van der Waals surface area contributed by atoms with Crippen molar-refractivity contribution in [1.82, 2.24) is 10.3 Å². The Morgan fingerprint density at radius 3 is 3.06 bits per heavy atom. The van der Waals surface area contributed by atoms with Gasteiger partial charge >= 0.3 is 0 Å². The average Bonchev–Trinajstić information content (AvgIpc) is 2.99. The second kappa shape index (κ2) is 4.51. The fraction of sp³-hybridized carbons (Fsp3) is 0.231. The molecule has 0 amide bonds. The highest BCUT2D eigenvalue weighted by Crippen LogP contribution is 2.35. The van der Waals surface area contributed by atoms with Crippen LogP contribution in [-0.4, -0.2) is 11.8 Å². The number of hydrogen-bond donors (Lipinski definition) is 2. The first-order valence-corrected chi connectivity index (χ1v) is 5.63. The van der Waals surface area contributed by atoms with Crippen LogP contribution < -0.4 is 14.8 Å². The summed E-state index contributed by atoms with van der Waals surface area (Å²) in [6.07, 6.45) is 3.91. The molecule has 1 aliphatic heterocycles. The van der Waals surface area contributed by atoms with E-state index in [0.29, 0.717) is 6.79 Å². The lowest BCUT2D eigenvalue weighted by Gasteiger charge is -2.06. The number of fused-ring (bicyclic) bond motifs is 1. The maximum atomic E-state index is 5.45. The molecule has 0 bridgehead atoms. The van der Waals surface area contributed by atoms with Crippen LogP contribution in [0.4, 0.5) is 0 Å². The Balaban J connectivity index is 1.64. The highest BCUT2D eigenvalue weighted by Gasteiger charge is 2.16. The lowest BCUT2D eigenvalue weighted by molar-refractivity contribution is 0.173. The highest BCUT2D eigenvalue weighted by molar-refractivity contribution is 5.48. The minimum atomic E-state index is 0.324. The van der Waals surface area contributed by atoms with Gasteiger partial charge in [-0.25, -0.2) is 0 Å². The molecule has 2 heterocycles. The summed E-state index contributed by atoms with van der Waals surface area (Å²) in [5.74, 6) is 1.71. The molecule has 0 spiro atoms. The van der Waals surface area contributed by atoms with Gasteiger partial charge in [0.25, 0.3) is 0 Å². The third kappa shape index (κ3) is 2.12. The summed E-state index contributed by atoms with van der Waals surface area (Å²) >= 11 is 0. The topological polar surface area (TPSA) is 46.3 Å². The summed E-state index contributed by atoms with van der Waals surface area (Å²) < 4.78 is 10.8. The molecule has 0 atom stereocenters. The Morgan fingerprint density at radius 1 is 1.18 bits per heavy atom. The molecule has 0 saturated carbocycles. The summed E-state index contributed by atoms with van der Waals surface area (Å²) in [5, 5.41) is 3.38. The van der Waals surface area contributed by atoms with Crippen molar-refractivity contribution in [3.8, 4) is 11.5 Å². The molecule has 1 aromatic carbocycles. The van der Waals surface area contributed by atoms with E-state index in [2.05, 4.69) is 22.4 Å². The van der Waals surface area contributed by atoms with E-state index in [-0.39, 0.29) is 0 Å². The van der Waals surface area contributed by atoms with Crippen molar-refractivity contribution < 1.29 is 9.47 Å². The number of para-hydroxylation sites is 1. The molecule has 0 saturated heterocycles. The van der Waals surface area contributed by atoms with Crippen molar-refractivity contribution in [2.24, 2.45) is 0 Å². The van der Waals surface area contributed by atoms with Gasteiger partial charge in [-0.3, -0.25) is 0 Å². The molecule has 3 rings (SSSR count). The van der Waals surface area contributed by atoms with Gasteiger partial charge in [-0.15, -0.1) is 0 Å². The highest BCUT2D eigenvalue weighted by atomic mass is 16.7. The van der Waals surface area contributed by atoms with Crippen molar-refractivity contribution in [3.63, 3.8) is 0 Å². The zero-order valence-electron chi connectivity index (χ0n) is 9.40. The van der Waals surface area contributed by atoms with Gasteiger partial charge in [0, 0.05) is 31.0 Å². The van der Waals surface area contributed by atoms with Crippen LogP contribution in [0.5, 0.6) is 11.5 Å². The summed E-state index contributed by atoms with van der Waals surface area (Å²) in [6, 6.07) is 8.03. The smallest absolute Gasteiger partial charge is 0.231 e. The van der Waals surface area contributed by atoms with Gasteiger partial charge in [0.2, 0.25) is 6.79 Å². The number of aromatic amines is 1. The fourth-order valence-corrected chi connectivity index (χ4v) is 1.94. The van der Waals surface area contributed by atoms with Gasteiger partial charge in [-0.1, -0.05) is 12.1 Å². The van der Waals surface area contributed by atoms with Crippen molar-refractivity contribution in [2.75, 3.05) is 6.79 Å². The van der Waals surface area contributed by atoms with Crippen LogP contribution in [0.3, 0.4) is 0 Å². The SMILES string of the molecule is c1cc(CNCc2cc[nH]c2)c2c(c1)OCO2. The predicted octanol–water partition coefficient (Wildman–Crippen LogP) is 2.03. The molecule has 0 aliphatic carbocycles. The van der Waals surface area contributed by atoms with Crippen molar-refractivity contribution in [1.29, 1.82) is 0 Å². The summed E-state index contributed by atoms with van der Waals surface area (Å²) in [4.78, 5) is 3.04. The largest absolute Gasteiger partial charge is 0.454 e. The number of ether oxygens (including phenoxy) is 2. The van der Waals surface area contributed by atoms with Crippen LogP contribution in [-0.2, 0) is 13.1 Å². The standard InChI is InChI=1S/C13H14N2O2/c1-2-11(13-12(3-1)16-9-17-13)8-15-7-10-4-5-14-6-10/h1-6,14-15H,7-9H2. The molecule has 0 unspecified atom stereocenters. The summed E-state index contributed by atoms with van der Waals surface area (Å²) in [7, 11) is 0.